The van der Waals surface area contributed by atoms with Crippen LogP contribution in [0.3, 0.4) is 0 Å². The summed E-state index contributed by atoms with van der Waals surface area (Å²) in [5, 5.41) is 1.43. The van der Waals surface area contributed by atoms with Crippen molar-refractivity contribution >= 4 is 26.8 Å². The summed E-state index contributed by atoms with van der Waals surface area (Å²) in [5.41, 5.74) is 2.79. The lowest BCUT2D eigenvalue weighted by Crippen LogP contribution is -3.00. The van der Waals surface area contributed by atoms with Gasteiger partial charge in [-0.05, 0) is 23.3 Å². The van der Waals surface area contributed by atoms with Crippen LogP contribution in [0.1, 0.15) is 11.1 Å². The van der Waals surface area contributed by atoms with Crippen LogP contribution in [0.5, 0.6) is 0 Å². The van der Waals surface area contributed by atoms with Gasteiger partial charge in [-0.25, -0.2) is 0 Å². The minimum absolute atomic E-state index is 0. The van der Waals surface area contributed by atoms with E-state index in [1.165, 1.54) is 16.4 Å². The third kappa shape index (κ3) is 5.01. The Labute approximate surface area is 157 Å². The minimum atomic E-state index is -1.45. The molecule has 0 aromatic heterocycles. The second-order valence-corrected chi connectivity index (χ2v) is 12.4. The molecule has 0 N–H and O–H groups in total. The fourth-order valence-electron chi connectivity index (χ4n) is 2.68. The second kappa shape index (κ2) is 8.78. The van der Waals surface area contributed by atoms with Crippen LogP contribution in [0.15, 0.2) is 91.0 Å². The van der Waals surface area contributed by atoms with E-state index in [9.17, 15) is 0 Å². The molecule has 0 unspecified atom stereocenters. The lowest BCUT2D eigenvalue weighted by Gasteiger charge is -2.20. The maximum atomic E-state index is 4.18. The summed E-state index contributed by atoms with van der Waals surface area (Å²) in [7, 11) is 0. The Bertz CT molecular complexity index is 658. The molecule has 0 spiro atoms. The molecule has 3 aromatic rings. The summed E-state index contributed by atoms with van der Waals surface area (Å²) >= 11 is 4.18. The van der Waals surface area contributed by atoms with Gasteiger partial charge in [0.25, 0.3) is 0 Å². The summed E-state index contributed by atoms with van der Waals surface area (Å²) < 4.78 is 0. The monoisotopic (exact) mass is 448 g/mol. The Hall–Kier alpha value is -0.950. The number of hydrogen-bond donors (Lipinski definition) is 0. The Morgan fingerprint density at radius 3 is 1.30 bits per heavy atom. The molecule has 0 nitrogen and oxygen atoms in total. The zero-order chi connectivity index (χ0) is 15.3. The first-order valence-corrected chi connectivity index (χ1v) is 11.6. The molecule has 0 saturated heterocycles. The van der Waals surface area contributed by atoms with Crippen LogP contribution in [0.4, 0.5) is 0 Å². The maximum Gasteiger partial charge on any atom is 0.145 e. The molecule has 0 fully saturated rings. The predicted molar refractivity (Wildman–Crippen MR) is 102 cm³/mol. The third-order valence-electron chi connectivity index (χ3n) is 3.77. The summed E-state index contributed by atoms with van der Waals surface area (Å²) in [6.45, 7) is 0. The SMILES string of the molecule is Br[P+](Cc1ccccc1)(Cc1ccccc1)c1ccccc1.[Br-]. The number of rotatable bonds is 5. The minimum Gasteiger partial charge on any atom is -1.00 e. The van der Waals surface area contributed by atoms with Crippen LogP contribution < -0.4 is 22.3 Å². The predicted octanol–water partition coefficient (Wildman–Crippen LogP) is 3.04. The van der Waals surface area contributed by atoms with E-state index in [-0.39, 0.29) is 17.0 Å². The van der Waals surface area contributed by atoms with Crippen molar-refractivity contribution in [1.82, 2.24) is 0 Å². The van der Waals surface area contributed by atoms with Crippen LogP contribution in [0.25, 0.3) is 0 Å². The van der Waals surface area contributed by atoms with Gasteiger partial charge < -0.3 is 17.0 Å². The number of benzene rings is 3. The van der Waals surface area contributed by atoms with E-state index in [1.807, 2.05) is 0 Å². The van der Waals surface area contributed by atoms with Gasteiger partial charge >= 0.3 is 0 Å². The van der Waals surface area contributed by atoms with Crippen molar-refractivity contribution < 1.29 is 17.0 Å². The van der Waals surface area contributed by atoms with Gasteiger partial charge in [0.15, 0.2) is 0 Å². The average molecular weight is 450 g/mol. The molecule has 0 aliphatic carbocycles. The lowest BCUT2D eigenvalue weighted by atomic mass is 10.2. The van der Waals surface area contributed by atoms with Crippen LogP contribution >= 0.6 is 21.5 Å². The fourth-order valence-corrected chi connectivity index (χ4v) is 7.89. The fraction of sp³-hybridized carbons (Fsp3) is 0.100. The Morgan fingerprint density at radius 2 is 0.913 bits per heavy atom. The highest BCUT2D eigenvalue weighted by Crippen LogP contribution is 2.69. The van der Waals surface area contributed by atoms with E-state index in [4.69, 9.17) is 0 Å². The van der Waals surface area contributed by atoms with Crippen molar-refractivity contribution in [2.45, 2.75) is 12.3 Å². The van der Waals surface area contributed by atoms with E-state index < -0.39 is 5.96 Å². The standard InChI is InChI=1S/C20H19BrP.BrH/c21-22(20-14-8-3-9-15-20,16-18-10-4-1-5-11-18)17-19-12-6-2-7-13-19;/h1-15H,16-17H2;1H/q+1;/p-1. The van der Waals surface area contributed by atoms with Gasteiger partial charge in [-0.2, -0.15) is 0 Å². The molecule has 3 heteroatoms. The Kier molecular flexibility index (Phi) is 7.02. The van der Waals surface area contributed by atoms with Gasteiger partial charge in [0.2, 0.25) is 0 Å². The third-order valence-corrected chi connectivity index (χ3v) is 9.46. The molecule has 0 radical (unpaired) electrons. The van der Waals surface area contributed by atoms with Crippen molar-refractivity contribution in [2.75, 3.05) is 0 Å². The van der Waals surface area contributed by atoms with Gasteiger partial charge in [-0.15, -0.1) is 0 Å². The smallest absolute Gasteiger partial charge is 0.145 e. The molecular weight excluding hydrogens is 431 g/mol. The first-order valence-electron chi connectivity index (χ1n) is 7.46. The van der Waals surface area contributed by atoms with Crippen LogP contribution in [0, 0.1) is 0 Å². The average Bonchev–Trinajstić information content (AvgIpc) is 2.57. The van der Waals surface area contributed by atoms with Crippen LogP contribution in [-0.4, -0.2) is 0 Å². The first-order chi connectivity index (χ1) is 10.8. The summed E-state index contributed by atoms with van der Waals surface area (Å²) in [5.74, 6) is -1.45. The number of hydrogen-bond acceptors (Lipinski definition) is 0. The van der Waals surface area contributed by atoms with Gasteiger partial charge in [-0.1, -0.05) is 78.9 Å². The molecular formula is C20H19Br2P. The topological polar surface area (TPSA) is 0 Å². The van der Waals surface area contributed by atoms with E-state index in [1.54, 1.807) is 0 Å². The molecule has 118 valence electrons. The zero-order valence-electron chi connectivity index (χ0n) is 12.8. The molecule has 23 heavy (non-hydrogen) atoms. The molecule has 0 amide bonds. The van der Waals surface area contributed by atoms with Crippen molar-refractivity contribution in [3.63, 3.8) is 0 Å². The van der Waals surface area contributed by atoms with Crippen molar-refractivity contribution in [3.05, 3.63) is 102 Å². The Balaban J connectivity index is 0.00000192. The van der Waals surface area contributed by atoms with E-state index >= 15 is 0 Å². The van der Waals surface area contributed by atoms with Crippen molar-refractivity contribution in [2.24, 2.45) is 0 Å². The Morgan fingerprint density at radius 1 is 0.565 bits per heavy atom. The molecule has 3 rings (SSSR count). The van der Waals surface area contributed by atoms with E-state index in [0.717, 1.165) is 12.3 Å². The molecule has 0 saturated carbocycles. The highest BCUT2D eigenvalue weighted by atomic mass is 79.9. The second-order valence-electron chi connectivity index (χ2n) is 5.49. The summed E-state index contributed by atoms with van der Waals surface area (Å²) in [6.07, 6.45) is 2.15. The van der Waals surface area contributed by atoms with E-state index in [0.29, 0.717) is 0 Å². The first kappa shape index (κ1) is 18.4. The quantitative estimate of drug-likeness (QED) is 0.525. The molecule has 0 heterocycles. The van der Waals surface area contributed by atoms with Gasteiger partial charge in [0.1, 0.15) is 26.8 Å². The van der Waals surface area contributed by atoms with Gasteiger partial charge in [-0.3, -0.25) is 0 Å². The van der Waals surface area contributed by atoms with Gasteiger partial charge in [0, 0.05) is 0 Å². The summed E-state index contributed by atoms with van der Waals surface area (Å²) in [6, 6.07) is 32.5. The molecule has 0 aliphatic heterocycles. The number of halogens is 2. The molecule has 0 bridgehead atoms. The molecule has 0 atom stereocenters. The maximum absolute atomic E-state index is 4.18. The van der Waals surface area contributed by atoms with E-state index in [2.05, 4.69) is 106 Å². The van der Waals surface area contributed by atoms with Crippen LogP contribution in [-0.2, 0) is 12.3 Å². The molecule has 3 aromatic carbocycles. The van der Waals surface area contributed by atoms with Crippen molar-refractivity contribution in [3.8, 4) is 0 Å². The van der Waals surface area contributed by atoms with Crippen molar-refractivity contribution in [1.29, 1.82) is 0 Å². The summed E-state index contributed by atoms with van der Waals surface area (Å²) in [4.78, 5) is 0. The normalized spacial score (nSPS) is 10.8. The van der Waals surface area contributed by atoms with Crippen LogP contribution in [0.2, 0.25) is 0 Å². The highest BCUT2D eigenvalue weighted by molar-refractivity contribution is 9.42. The highest BCUT2D eigenvalue weighted by Gasteiger charge is 2.38. The zero-order valence-corrected chi connectivity index (χ0v) is 16.8. The largest absolute Gasteiger partial charge is 1.00 e. The molecule has 0 aliphatic rings. The lowest BCUT2D eigenvalue weighted by molar-refractivity contribution is -0.00000428. The van der Waals surface area contributed by atoms with Gasteiger partial charge in [0.05, 0.1) is 12.3 Å².